The summed E-state index contributed by atoms with van der Waals surface area (Å²) in [5, 5.41) is 2.29. The number of nitrogens with two attached hydrogens (primary N) is 1. The maximum absolute atomic E-state index is 6.30. The van der Waals surface area contributed by atoms with Gasteiger partial charge in [0.05, 0.1) is 16.7 Å². The van der Waals surface area contributed by atoms with E-state index < -0.39 is 0 Å². The normalized spacial score (nSPS) is 12.8. The summed E-state index contributed by atoms with van der Waals surface area (Å²) in [6, 6.07) is 20.9. The summed E-state index contributed by atoms with van der Waals surface area (Å²) in [5.41, 5.74) is 11.6. The van der Waals surface area contributed by atoms with Gasteiger partial charge < -0.3 is 5.73 Å². The summed E-state index contributed by atoms with van der Waals surface area (Å²) in [5.74, 6) is 0.560. The number of fused-ring (bicyclic) bond motifs is 2. The van der Waals surface area contributed by atoms with E-state index in [9.17, 15) is 0 Å². The minimum Gasteiger partial charge on any atom is -0.323 e. The topological polar surface area (TPSA) is 51.8 Å². The molecule has 130 valence electrons. The van der Waals surface area contributed by atoms with Gasteiger partial charge in [0.2, 0.25) is 0 Å². The summed E-state index contributed by atoms with van der Waals surface area (Å²) < 4.78 is 0. The van der Waals surface area contributed by atoms with Gasteiger partial charge in [-0.15, -0.1) is 0 Å². The van der Waals surface area contributed by atoms with Gasteiger partial charge in [0.25, 0.3) is 0 Å². The van der Waals surface area contributed by atoms with Gasteiger partial charge in [-0.25, -0.2) is 0 Å². The zero-order valence-electron chi connectivity index (χ0n) is 15.2. The second-order valence-electron chi connectivity index (χ2n) is 7.26. The molecule has 0 spiro atoms. The standard InChI is InChI=1S/C23H23N3/c1-15(2)13-20(24)23-10-8-17-14-16(7-9-21(17)26-23)18-11-12-25-22-6-4-3-5-19(18)22/h3-12,14-15,20H,13,24H2,1-2H3. The predicted molar refractivity (Wildman–Crippen MR) is 109 cm³/mol. The maximum Gasteiger partial charge on any atom is 0.0708 e. The molecule has 2 N–H and O–H groups in total. The Morgan fingerprint density at radius 3 is 2.62 bits per heavy atom. The second-order valence-corrected chi connectivity index (χ2v) is 7.26. The van der Waals surface area contributed by atoms with Gasteiger partial charge in [-0.05, 0) is 53.8 Å². The summed E-state index contributed by atoms with van der Waals surface area (Å²) in [7, 11) is 0. The third-order valence-electron chi connectivity index (χ3n) is 4.78. The van der Waals surface area contributed by atoms with Crippen LogP contribution in [0.4, 0.5) is 0 Å². The van der Waals surface area contributed by atoms with Crippen LogP contribution in [0.1, 0.15) is 32.0 Å². The highest BCUT2D eigenvalue weighted by Crippen LogP contribution is 2.30. The minimum absolute atomic E-state index is 0.0109. The van der Waals surface area contributed by atoms with Crippen LogP contribution in [0.3, 0.4) is 0 Å². The molecule has 1 atom stereocenters. The predicted octanol–water partition coefficient (Wildman–Crippen LogP) is 5.50. The molecule has 0 aliphatic heterocycles. The van der Waals surface area contributed by atoms with E-state index in [2.05, 4.69) is 67.4 Å². The lowest BCUT2D eigenvalue weighted by Crippen LogP contribution is -2.14. The highest BCUT2D eigenvalue weighted by molar-refractivity contribution is 5.96. The molecule has 1 unspecified atom stereocenters. The van der Waals surface area contributed by atoms with Crippen LogP contribution >= 0.6 is 0 Å². The summed E-state index contributed by atoms with van der Waals surface area (Å²) in [6.45, 7) is 4.37. The molecule has 4 rings (SSSR count). The lowest BCUT2D eigenvalue weighted by Gasteiger charge is -2.14. The number of hydrogen-bond donors (Lipinski definition) is 1. The van der Waals surface area contributed by atoms with Gasteiger partial charge in [-0.3, -0.25) is 9.97 Å². The third kappa shape index (κ3) is 3.18. The molecule has 2 aromatic carbocycles. The molecule has 2 heterocycles. The van der Waals surface area contributed by atoms with E-state index in [0.717, 1.165) is 33.9 Å². The van der Waals surface area contributed by atoms with Gasteiger partial charge in [0, 0.05) is 23.0 Å². The van der Waals surface area contributed by atoms with Crippen LogP contribution in [0.2, 0.25) is 0 Å². The van der Waals surface area contributed by atoms with Crippen LogP contribution in [0.5, 0.6) is 0 Å². The Morgan fingerprint density at radius 1 is 0.923 bits per heavy atom. The van der Waals surface area contributed by atoms with Crippen molar-refractivity contribution in [3.8, 4) is 11.1 Å². The molecular formula is C23H23N3. The van der Waals surface area contributed by atoms with E-state index in [-0.39, 0.29) is 6.04 Å². The number of pyridine rings is 2. The molecule has 26 heavy (non-hydrogen) atoms. The van der Waals surface area contributed by atoms with Crippen molar-refractivity contribution in [3.05, 3.63) is 72.6 Å². The van der Waals surface area contributed by atoms with Crippen molar-refractivity contribution >= 4 is 21.8 Å². The van der Waals surface area contributed by atoms with Gasteiger partial charge in [0.1, 0.15) is 0 Å². The SMILES string of the molecule is CC(C)CC(N)c1ccc2cc(-c3ccnc4ccccc34)ccc2n1. The zero-order valence-corrected chi connectivity index (χ0v) is 15.2. The van der Waals surface area contributed by atoms with Crippen molar-refractivity contribution in [1.29, 1.82) is 0 Å². The van der Waals surface area contributed by atoms with E-state index in [1.165, 1.54) is 11.1 Å². The number of para-hydroxylation sites is 1. The van der Waals surface area contributed by atoms with E-state index in [4.69, 9.17) is 10.7 Å². The third-order valence-corrected chi connectivity index (χ3v) is 4.78. The van der Waals surface area contributed by atoms with Crippen molar-refractivity contribution in [2.24, 2.45) is 11.7 Å². The Balaban J connectivity index is 1.76. The van der Waals surface area contributed by atoms with E-state index >= 15 is 0 Å². The average Bonchev–Trinajstić information content (AvgIpc) is 2.66. The molecule has 0 aliphatic rings. The van der Waals surface area contributed by atoms with Crippen molar-refractivity contribution in [2.75, 3.05) is 0 Å². The first-order valence-corrected chi connectivity index (χ1v) is 9.12. The van der Waals surface area contributed by atoms with Crippen LogP contribution in [-0.4, -0.2) is 9.97 Å². The Hall–Kier alpha value is -2.78. The number of benzene rings is 2. The first-order chi connectivity index (χ1) is 12.6. The first kappa shape index (κ1) is 16.7. The lowest BCUT2D eigenvalue weighted by atomic mass is 9.98. The number of rotatable bonds is 4. The summed E-state index contributed by atoms with van der Waals surface area (Å²) in [4.78, 5) is 9.25. The fourth-order valence-electron chi connectivity index (χ4n) is 3.49. The van der Waals surface area contributed by atoms with Gasteiger partial charge in [-0.1, -0.05) is 44.2 Å². The van der Waals surface area contributed by atoms with E-state index in [1.54, 1.807) is 0 Å². The van der Waals surface area contributed by atoms with Crippen molar-refractivity contribution in [2.45, 2.75) is 26.3 Å². The van der Waals surface area contributed by atoms with Crippen molar-refractivity contribution in [3.63, 3.8) is 0 Å². The molecular weight excluding hydrogens is 318 g/mol. The highest BCUT2D eigenvalue weighted by Gasteiger charge is 2.11. The minimum atomic E-state index is -0.0109. The average molecular weight is 341 g/mol. The van der Waals surface area contributed by atoms with Gasteiger partial charge >= 0.3 is 0 Å². The molecule has 4 aromatic rings. The van der Waals surface area contributed by atoms with Crippen LogP contribution in [0.25, 0.3) is 32.9 Å². The molecule has 0 radical (unpaired) electrons. The molecule has 0 saturated heterocycles. The van der Waals surface area contributed by atoms with Crippen LogP contribution < -0.4 is 5.73 Å². The molecule has 3 nitrogen and oxygen atoms in total. The quantitative estimate of drug-likeness (QED) is 0.533. The molecule has 0 amide bonds. The van der Waals surface area contributed by atoms with Crippen molar-refractivity contribution in [1.82, 2.24) is 9.97 Å². The number of nitrogens with zero attached hydrogens (tertiary/aromatic N) is 2. The van der Waals surface area contributed by atoms with E-state index in [0.29, 0.717) is 5.92 Å². The fourth-order valence-corrected chi connectivity index (χ4v) is 3.49. The molecule has 0 aliphatic carbocycles. The van der Waals surface area contributed by atoms with Crippen LogP contribution in [-0.2, 0) is 0 Å². The Labute approximate surface area is 153 Å². The lowest BCUT2D eigenvalue weighted by molar-refractivity contribution is 0.503. The molecule has 0 fully saturated rings. The zero-order chi connectivity index (χ0) is 18.1. The number of hydrogen-bond acceptors (Lipinski definition) is 3. The molecule has 2 aromatic heterocycles. The fraction of sp³-hybridized carbons (Fsp3) is 0.217. The largest absolute Gasteiger partial charge is 0.323 e. The highest BCUT2D eigenvalue weighted by atomic mass is 14.8. The first-order valence-electron chi connectivity index (χ1n) is 9.12. The Bertz CT molecular complexity index is 1060. The Kier molecular flexibility index (Phi) is 4.39. The van der Waals surface area contributed by atoms with E-state index in [1.807, 2.05) is 18.3 Å². The molecule has 0 saturated carbocycles. The summed E-state index contributed by atoms with van der Waals surface area (Å²) >= 11 is 0. The van der Waals surface area contributed by atoms with Gasteiger partial charge in [0.15, 0.2) is 0 Å². The molecule has 0 bridgehead atoms. The smallest absolute Gasteiger partial charge is 0.0708 e. The maximum atomic E-state index is 6.30. The molecule has 3 heteroatoms. The van der Waals surface area contributed by atoms with Crippen LogP contribution in [0, 0.1) is 5.92 Å². The Morgan fingerprint density at radius 2 is 1.77 bits per heavy atom. The van der Waals surface area contributed by atoms with Gasteiger partial charge in [-0.2, -0.15) is 0 Å². The summed E-state index contributed by atoms with van der Waals surface area (Å²) in [6.07, 6.45) is 2.81. The second kappa shape index (κ2) is 6.85. The monoisotopic (exact) mass is 341 g/mol. The van der Waals surface area contributed by atoms with Crippen molar-refractivity contribution < 1.29 is 0 Å². The number of aromatic nitrogens is 2. The van der Waals surface area contributed by atoms with Crippen LogP contribution in [0.15, 0.2) is 66.9 Å².